The Bertz CT molecular complexity index is 252. The Morgan fingerprint density at radius 3 is 2.58 bits per heavy atom. The van der Waals surface area contributed by atoms with Gasteiger partial charge in [-0.2, -0.15) is 0 Å². The van der Waals surface area contributed by atoms with Crippen molar-refractivity contribution in [3.05, 3.63) is 28.3 Å². The Balaban J connectivity index is 3.20. The number of ether oxygens (including phenoxy) is 1. The van der Waals surface area contributed by atoms with Crippen LogP contribution in [0.4, 0.5) is 0 Å². The summed E-state index contributed by atoms with van der Waals surface area (Å²) in [6, 6.07) is 3.97. The van der Waals surface area contributed by atoms with Crippen LogP contribution in [0.5, 0.6) is 5.75 Å². The number of rotatable bonds is 2. The van der Waals surface area contributed by atoms with Gasteiger partial charge in [-0.15, -0.1) is 0 Å². The van der Waals surface area contributed by atoms with E-state index in [9.17, 15) is 0 Å². The van der Waals surface area contributed by atoms with Crippen molar-refractivity contribution >= 4 is 11.6 Å². The summed E-state index contributed by atoms with van der Waals surface area (Å²) < 4.78 is 5.14. The fourth-order valence-corrected chi connectivity index (χ4v) is 1.51. The molecule has 0 atom stereocenters. The van der Waals surface area contributed by atoms with Gasteiger partial charge in [-0.25, -0.2) is 0 Å². The molecule has 2 heteroatoms. The Morgan fingerprint density at radius 1 is 1.42 bits per heavy atom. The number of aryl methyl sites for hydroxylation is 1. The quantitative estimate of drug-likeness (QED) is 0.686. The van der Waals surface area contributed by atoms with E-state index in [0.29, 0.717) is 0 Å². The van der Waals surface area contributed by atoms with E-state index in [0.717, 1.165) is 22.8 Å². The molecule has 1 aromatic rings. The highest BCUT2D eigenvalue weighted by Crippen LogP contribution is 2.28. The van der Waals surface area contributed by atoms with Gasteiger partial charge in [0.05, 0.1) is 12.1 Å². The number of hydrogen-bond donors (Lipinski definition) is 0. The van der Waals surface area contributed by atoms with Gasteiger partial charge in [0.15, 0.2) is 0 Å². The average Bonchev–Trinajstić information content (AvgIpc) is 2.10. The molecular formula is C10H13ClO. The number of hydrogen-bond acceptors (Lipinski definition) is 1. The molecule has 0 heterocycles. The third kappa shape index (κ3) is 1.56. The molecule has 0 aliphatic heterocycles. The van der Waals surface area contributed by atoms with Crippen molar-refractivity contribution < 1.29 is 4.74 Å². The molecule has 0 unspecified atom stereocenters. The number of methoxy groups -OCH3 is 1. The van der Waals surface area contributed by atoms with Gasteiger partial charge in [0.1, 0.15) is 5.75 Å². The second-order valence-electron chi connectivity index (χ2n) is 2.72. The highest BCUT2D eigenvalue weighted by Gasteiger charge is 2.05. The van der Waals surface area contributed by atoms with E-state index in [1.165, 1.54) is 5.56 Å². The largest absolute Gasteiger partial charge is 0.496 e. The summed E-state index contributed by atoms with van der Waals surface area (Å²) in [5, 5.41) is 0.830. The molecule has 0 aliphatic rings. The molecule has 0 radical (unpaired) electrons. The van der Waals surface area contributed by atoms with Crippen LogP contribution in [0.2, 0.25) is 5.02 Å². The molecule has 0 bridgehead atoms. The number of benzene rings is 1. The fourth-order valence-electron chi connectivity index (χ4n) is 1.22. The zero-order valence-electron chi connectivity index (χ0n) is 7.65. The third-order valence-electron chi connectivity index (χ3n) is 2.02. The van der Waals surface area contributed by atoms with Gasteiger partial charge in [-0.1, -0.05) is 24.6 Å². The molecule has 0 amide bonds. The molecule has 0 N–H and O–H groups in total. The first-order valence-electron chi connectivity index (χ1n) is 4.02. The minimum Gasteiger partial charge on any atom is -0.496 e. The first-order chi connectivity index (χ1) is 5.70. The molecule has 0 fully saturated rings. The standard InChI is InChI=1S/C10H13ClO/c1-4-8-5-6-9(12-3)7(2)10(8)11/h5-6H,4H2,1-3H3. The molecule has 1 rings (SSSR count). The van der Waals surface area contributed by atoms with Gasteiger partial charge in [-0.3, -0.25) is 0 Å². The van der Waals surface area contributed by atoms with Crippen LogP contribution in [0.1, 0.15) is 18.1 Å². The molecule has 66 valence electrons. The predicted octanol–water partition coefficient (Wildman–Crippen LogP) is 3.22. The average molecular weight is 185 g/mol. The summed E-state index contributed by atoms with van der Waals surface area (Å²) in [7, 11) is 1.66. The molecule has 0 saturated carbocycles. The van der Waals surface area contributed by atoms with Crippen LogP contribution in [0.25, 0.3) is 0 Å². The first kappa shape index (κ1) is 9.40. The van der Waals surface area contributed by atoms with E-state index in [-0.39, 0.29) is 0 Å². The van der Waals surface area contributed by atoms with E-state index in [4.69, 9.17) is 16.3 Å². The highest BCUT2D eigenvalue weighted by molar-refractivity contribution is 6.32. The van der Waals surface area contributed by atoms with Gasteiger partial charge in [0.2, 0.25) is 0 Å². The maximum atomic E-state index is 6.10. The van der Waals surface area contributed by atoms with Gasteiger partial charge in [0, 0.05) is 5.56 Å². The summed E-state index contributed by atoms with van der Waals surface area (Å²) in [5.41, 5.74) is 2.20. The van der Waals surface area contributed by atoms with Crippen molar-refractivity contribution in [2.75, 3.05) is 7.11 Å². The second kappa shape index (κ2) is 3.81. The molecule has 0 spiro atoms. The predicted molar refractivity (Wildman–Crippen MR) is 52.1 cm³/mol. The molecule has 0 aromatic heterocycles. The van der Waals surface area contributed by atoms with Crippen molar-refractivity contribution in [3.8, 4) is 5.75 Å². The van der Waals surface area contributed by atoms with E-state index in [2.05, 4.69) is 6.92 Å². The molecule has 0 saturated heterocycles. The van der Waals surface area contributed by atoms with Gasteiger partial charge in [-0.05, 0) is 25.0 Å². The first-order valence-corrected chi connectivity index (χ1v) is 4.40. The lowest BCUT2D eigenvalue weighted by atomic mass is 10.1. The maximum Gasteiger partial charge on any atom is 0.123 e. The Morgan fingerprint density at radius 2 is 2.08 bits per heavy atom. The third-order valence-corrected chi connectivity index (χ3v) is 2.54. The zero-order valence-corrected chi connectivity index (χ0v) is 8.40. The van der Waals surface area contributed by atoms with Crippen molar-refractivity contribution in [1.82, 2.24) is 0 Å². The van der Waals surface area contributed by atoms with Crippen LogP contribution >= 0.6 is 11.6 Å². The maximum absolute atomic E-state index is 6.10. The molecule has 1 aromatic carbocycles. The molecule has 0 aliphatic carbocycles. The fraction of sp³-hybridized carbons (Fsp3) is 0.400. The lowest BCUT2D eigenvalue weighted by Gasteiger charge is -2.09. The summed E-state index contributed by atoms with van der Waals surface area (Å²) in [4.78, 5) is 0. The van der Waals surface area contributed by atoms with E-state index in [1.807, 2.05) is 19.1 Å². The van der Waals surface area contributed by atoms with Gasteiger partial charge in [0.25, 0.3) is 0 Å². The van der Waals surface area contributed by atoms with Crippen molar-refractivity contribution in [2.24, 2.45) is 0 Å². The van der Waals surface area contributed by atoms with E-state index < -0.39 is 0 Å². The summed E-state index contributed by atoms with van der Waals surface area (Å²) >= 11 is 6.10. The van der Waals surface area contributed by atoms with Gasteiger partial charge >= 0.3 is 0 Å². The second-order valence-corrected chi connectivity index (χ2v) is 3.10. The monoisotopic (exact) mass is 184 g/mol. The van der Waals surface area contributed by atoms with Crippen LogP contribution in [-0.4, -0.2) is 7.11 Å². The highest BCUT2D eigenvalue weighted by atomic mass is 35.5. The number of halogens is 1. The molecular weight excluding hydrogens is 172 g/mol. The summed E-state index contributed by atoms with van der Waals surface area (Å²) in [6.45, 7) is 4.06. The van der Waals surface area contributed by atoms with Crippen LogP contribution in [0.3, 0.4) is 0 Å². The van der Waals surface area contributed by atoms with Crippen molar-refractivity contribution in [1.29, 1.82) is 0 Å². The molecule has 1 nitrogen and oxygen atoms in total. The smallest absolute Gasteiger partial charge is 0.123 e. The van der Waals surface area contributed by atoms with Crippen LogP contribution < -0.4 is 4.74 Å². The lowest BCUT2D eigenvalue weighted by molar-refractivity contribution is 0.411. The topological polar surface area (TPSA) is 9.23 Å². The zero-order chi connectivity index (χ0) is 9.14. The van der Waals surface area contributed by atoms with E-state index >= 15 is 0 Å². The summed E-state index contributed by atoms with van der Waals surface area (Å²) in [5.74, 6) is 0.859. The van der Waals surface area contributed by atoms with Crippen molar-refractivity contribution in [3.63, 3.8) is 0 Å². The Kier molecular flexibility index (Phi) is 2.99. The molecule has 12 heavy (non-hydrogen) atoms. The van der Waals surface area contributed by atoms with Crippen molar-refractivity contribution in [2.45, 2.75) is 20.3 Å². The Hall–Kier alpha value is -0.690. The van der Waals surface area contributed by atoms with Crippen LogP contribution in [0, 0.1) is 6.92 Å². The normalized spacial score (nSPS) is 10.0. The lowest BCUT2D eigenvalue weighted by Crippen LogP contribution is -1.91. The van der Waals surface area contributed by atoms with E-state index in [1.54, 1.807) is 7.11 Å². The van der Waals surface area contributed by atoms with Gasteiger partial charge < -0.3 is 4.74 Å². The minimum absolute atomic E-state index is 0.830. The minimum atomic E-state index is 0.830. The summed E-state index contributed by atoms with van der Waals surface area (Å²) in [6.07, 6.45) is 0.962. The van der Waals surface area contributed by atoms with Crippen LogP contribution in [0.15, 0.2) is 12.1 Å². The van der Waals surface area contributed by atoms with Crippen LogP contribution in [-0.2, 0) is 6.42 Å². The Labute approximate surface area is 78.3 Å². The SMILES string of the molecule is CCc1ccc(OC)c(C)c1Cl.